The van der Waals surface area contributed by atoms with E-state index in [9.17, 15) is 14.4 Å². The zero-order chi connectivity index (χ0) is 19.8. The first kappa shape index (κ1) is 20.4. The third-order valence-corrected chi connectivity index (χ3v) is 4.14. The van der Waals surface area contributed by atoms with Crippen molar-refractivity contribution >= 4 is 34.3 Å². The fourth-order valence-electron chi connectivity index (χ4n) is 2.15. The van der Waals surface area contributed by atoms with Crippen LogP contribution >= 0.6 is 11.3 Å². The first-order valence-electron chi connectivity index (χ1n) is 8.14. The SMILES string of the molecule is CCOC(=O)Cc1csc(NC(=O)COC(=O)c2cc(C)ccc2OC)n1. The lowest BCUT2D eigenvalue weighted by Crippen LogP contribution is -2.21. The van der Waals surface area contributed by atoms with Crippen LogP contribution in [-0.2, 0) is 25.5 Å². The molecule has 0 spiro atoms. The number of methoxy groups -OCH3 is 1. The number of rotatable bonds is 8. The van der Waals surface area contributed by atoms with E-state index in [-0.39, 0.29) is 18.0 Å². The maximum atomic E-state index is 12.2. The molecule has 1 N–H and O–H groups in total. The molecule has 0 saturated heterocycles. The normalized spacial score (nSPS) is 10.2. The summed E-state index contributed by atoms with van der Waals surface area (Å²) in [5.41, 5.74) is 1.61. The summed E-state index contributed by atoms with van der Waals surface area (Å²) in [7, 11) is 1.45. The molecule has 0 radical (unpaired) electrons. The molecule has 9 heteroatoms. The lowest BCUT2D eigenvalue weighted by atomic mass is 10.1. The number of aryl methyl sites for hydroxylation is 1. The van der Waals surface area contributed by atoms with Crippen molar-refractivity contribution in [2.75, 3.05) is 25.6 Å². The molecular weight excluding hydrogens is 372 g/mol. The van der Waals surface area contributed by atoms with Crippen LogP contribution in [0.5, 0.6) is 5.75 Å². The Morgan fingerprint density at radius 1 is 1.22 bits per heavy atom. The van der Waals surface area contributed by atoms with Gasteiger partial charge < -0.3 is 14.2 Å². The van der Waals surface area contributed by atoms with Gasteiger partial charge in [-0.05, 0) is 26.0 Å². The summed E-state index contributed by atoms with van der Waals surface area (Å²) >= 11 is 1.17. The van der Waals surface area contributed by atoms with Crippen LogP contribution in [0.3, 0.4) is 0 Å². The fourth-order valence-corrected chi connectivity index (χ4v) is 2.88. The number of hydrogen-bond acceptors (Lipinski definition) is 8. The van der Waals surface area contributed by atoms with Crippen molar-refractivity contribution in [3.05, 3.63) is 40.4 Å². The average molecular weight is 392 g/mol. The van der Waals surface area contributed by atoms with E-state index < -0.39 is 18.5 Å². The molecule has 27 heavy (non-hydrogen) atoms. The van der Waals surface area contributed by atoms with Crippen LogP contribution in [0.1, 0.15) is 28.5 Å². The zero-order valence-corrected chi connectivity index (χ0v) is 16.1. The third kappa shape index (κ3) is 6.07. The van der Waals surface area contributed by atoms with Crippen LogP contribution in [-0.4, -0.2) is 43.2 Å². The number of anilines is 1. The number of thiazole rings is 1. The van der Waals surface area contributed by atoms with Gasteiger partial charge >= 0.3 is 11.9 Å². The van der Waals surface area contributed by atoms with Crippen LogP contribution in [0.2, 0.25) is 0 Å². The topological polar surface area (TPSA) is 104 Å². The standard InChI is InChI=1S/C18H20N2O6S/c1-4-25-16(22)8-12-10-27-18(19-12)20-15(21)9-26-17(23)13-7-11(2)5-6-14(13)24-3/h5-7,10H,4,8-9H2,1-3H3,(H,19,20,21). The molecule has 2 aromatic rings. The van der Waals surface area contributed by atoms with E-state index in [1.807, 2.05) is 6.92 Å². The second kappa shape index (κ2) is 9.67. The number of amides is 1. The number of hydrogen-bond donors (Lipinski definition) is 1. The van der Waals surface area contributed by atoms with Crippen molar-refractivity contribution in [1.29, 1.82) is 0 Å². The number of carbonyl (C=O) groups is 3. The third-order valence-electron chi connectivity index (χ3n) is 3.34. The highest BCUT2D eigenvalue weighted by Crippen LogP contribution is 2.21. The minimum atomic E-state index is -0.659. The van der Waals surface area contributed by atoms with Crippen LogP contribution < -0.4 is 10.1 Å². The smallest absolute Gasteiger partial charge is 0.342 e. The van der Waals surface area contributed by atoms with E-state index in [1.165, 1.54) is 18.4 Å². The lowest BCUT2D eigenvalue weighted by molar-refractivity contribution is -0.142. The predicted octanol–water partition coefficient (Wildman–Crippen LogP) is 2.36. The van der Waals surface area contributed by atoms with Gasteiger partial charge in [-0.3, -0.25) is 14.9 Å². The molecule has 1 amide bonds. The van der Waals surface area contributed by atoms with Gasteiger partial charge in [-0.15, -0.1) is 11.3 Å². The first-order valence-corrected chi connectivity index (χ1v) is 9.02. The minimum absolute atomic E-state index is 0.0301. The average Bonchev–Trinajstić information content (AvgIpc) is 3.06. The molecule has 0 aliphatic rings. The molecule has 8 nitrogen and oxygen atoms in total. The number of nitrogens with one attached hydrogen (secondary N) is 1. The quantitative estimate of drug-likeness (QED) is 0.688. The molecule has 0 fully saturated rings. The van der Waals surface area contributed by atoms with Crippen molar-refractivity contribution in [2.24, 2.45) is 0 Å². The molecule has 1 aromatic carbocycles. The van der Waals surface area contributed by atoms with Gasteiger partial charge in [0.15, 0.2) is 11.7 Å². The second-order valence-electron chi connectivity index (χ2n) is 5.45. The summed E-state index contributed by atoms with van der Waals surface area (Å²) in [4.78, 5) is 39.7. The van der Waals surface area contributed by atoms with Gasteiger partial charge in [0.05, 0.1) is 25.8 Å². The monoisotopic (exact) mass is 392 g/mol. The van der Waals surface area contributed by atoms with E-state index in [0.717, 1.165) is 5.56 Å². The molecule has 0 aliphatic carbocycles. The summed E-state index contributed by atoms with van der Waals surface area (Å²) in [5.74, 6) is -1.21. The summed E-state index contributed by atoms with van der Waals surface area (Å²) < 4.78 is 15.0. The van der Waals surface area contributed by atoms with Crippen molar-refractivity contribution in [2.45, 2.75) is 20.3 Å². The van der Waals surface area contributed by atoms with Gasteiger partial charge in [0, 0.05) is 5.38 Å². The maximum absolute atomic E-state index is 12.2. The number of carbonyl (C=O) groups excluding carboxylic acids is 3. The molecule has 0 unspecified atom stereocenters. The summed E-state index contributed by atoms with van der Waals surface area (Å²) in [5, 5.41) is 4.48. The van der Waals surface area contributed by atoms with Crippen LogP contribution in [0.4, 0.5) is 5.13 Å². The largest absolute Gasteiger partial charge is 0.496 e. The number of benzene rings is 1. The maximum Gasteiger partial charge on any atom is 0.342 e. The Labute approximate surface area is 160 Å². The number of esters is 2. The minimum Gasteiger partial charge on any atom is -0.496 e. The Kier molecular flexibility index (Phi) is 7.30. The molecular formula is C18H20N2O6S. The van der Waals surface area contributed by atoms with E-state index in [4.69, 9.17) is 14.2 Å². The van der Waals surface area contributed by atoms with Crippen LogP contribution in [0.25, 0.3) is 0 Å². The van der Waals surface area contributed by atoms with Gasteiger partial charge in [0.2, 0.25) is 0 Å². The van der Waals surface area contributed by atoms with Gasteiger partial charge in [-0.25, -0.2) is 9.78 Å². The molecule has 0 saturated carbocycles. The Hall–Kier alpha value is -2.94. The Bertz CT molecular complexity index is 833. The summed E-state index contributed by atoms with van der Waals surface area (Å²) in [6.07, 6.45) is 0.0301. The highest BCUT2D eigenvalue weighted by molar-refractivity contribution is 7.13. The Morgan fingerprint density at radius 3 is 2.70 bits per heavy atom. The summed E-state index contributed by atoms with van der Waals surface area (Å²) in [6, 6.07) is 5.09. The highest BCUT2D eigenvalue weighted by atomic mass is 32.1. The molecule has 0 bridgehead atoms. The van der Waals surface area contributed by atoms with Crippen LogP contribution in [0.15, 0.2) is 23.6 Å². The molecule has 144 valence electrons. The van der Waals surface area contributed by atoms with Gasteiger partial charge in [0.1, 0.15) is 11.3 Å². The molecule has 0 atom stereocenters. The molecule has 0 aliphatic heterocycles. The lowest BCUT2D eigenvalue weighted by Gasteiger charge is -2.09. The molecule has 1 heterocycles. The molecule has 1 aromatic heterocycles. The predicted molar refractivity (Wildman–Crippen MR) is 99.1 cm³/mol. The van der Waals surface area contributed by atoms with E-state index in [0.29, 0.717) is 23.2 Å². The van der Waals surface area contributed by atoms with E-state index in [1.54, 1.807) is 30.5 Å². The van der Waals surface area contributed by atoms with Crippen LogP contribution in [0, 0.1) is 6.92 Å². The number of aromatic nitrogens is 1. The Morgan fingerprint density at radius 2 is 2.00 bits per heavy atom. The van der Waals surface area contributed by atoms with Gasteiger partial charge in [-0.2, -0.15) is 0 Å². The second-order valence-corrected chi connectivity index (χ2v) is 6.31. The van der Waals surface area contributed by atoms with Gasteiger partial charge in [0.25, 0.3) is 5.91 Å². The van der Waals surface area contributed by atoms with Crippen molar-refractivity contribution in [3.63, 3.8) is 0 Å². The summed E-state index contributed by atoms with van der Waals surface area (Å²) in [6.45, 7) is 3.38. The first-order chi connectivity index (χ1) is 12.9. The molecule has 2 rings (SSSR count). The number of nitrogens with zero attached hydrogens (tertiary/aromatic N) is 1. The van der Waals surface area contributed by atoms with E-state index in [2.05, 4.69) is 10.3 Å². The zero-order valence-electron chi connectivity index (χ0n) is 15.2. The Balaban J connectivity index is 1.88. The van der Waals surface area contributed by atoms with Crippen molar-refractivity contribution < 1.29 is 28.6 Å². The van der Waals surface area contributed by atoms with Crippen molar-refractivity contribution in [1.82, 2.24) is 4.98 Å². The highest BCUT2D eigenvalue weighted by Gasteiger charge is 2.16. The van der Waals surface area contributed by atoms with Crippen molar-refractivity contribution in [3.8, 4) is 5.75 Å². The fraction of sp³-hybridized carbons (Fsp3) is 0.333. The number of ether oxygens (including phenoxy) is 3. The van der Waals surface area contributed by atoms with Gasteiger partial charge in [-0.1, -0.05) is 11.6 Å². The van der Waals surface area contributed by atoms with E-state index >= 15 is 0 Å².